The molecule has 0 fully saturated rings. The number of aryl methyl sites for hydroxylation is 2. The molecule has 0 spiro atoms. The van der Waals surface area contributed by atoms with Crippen LogP contribution in [-0.2, 0) is 13.0 Å². The van der Waals surface area contributed by atoms with E-state index in [0.717, 1.165) is 17.9 Å². The summed E-state index contributed by atoms with van der Waals surface area (Å²) in [5.74, 6) is 0.994. The smallest absolute Gasteiger partial charge is 0.314 e. The van der Waals surface area contributed by atoms with Crippen molar-refractivity contribution in [1.82, 2.24) is 15.0 Å². The van der Waals surface area contributed by atoms with Crippen LogP contribution < -0.4 is 5.32 Å². The van der Waals surface area contributed by atoms with Crippen molar-refractivity contribution in [2.75, 3.05) is 5.32 Å². The van der Waals surface area contributed by atoms with Crippen LogP contribution in [-0.4, -0.2) is 19.9 Å². The molecule has 0 saturated heterocycles. The van der Waals surface area contributed by atoms with E-state index in [1.165, 1.54) is 0 Å². The molecular weight excluding hydrogens is 246 g/mol. The minimum absolute atomic E-state index is 0.00442. The summed E-state index contributed by atoms with van der Waals surface area (Å²) in [7, 11) is 0. The third-order valence-corrected chi connectivity index (χ3v) is 2.79. The summed E-state index contributed by atoms with van der Waals surface area (Å²) in [6.45, 7) is 4.09. The Kier molecular flexibility index (Phi) is 3.74. The zero-order valence-electron chi connectivity index (χ0n) is 10.8. The lowest BCUT2D eigenvalue weighted by Crippen LogP contribution is -2.06. The highest BCUT2D eigenvalue weighted by atomic mass is 16.6. The summed E-state index contributed by atoms with van der Waals surface area (Å²) in [4.78, 5) is 21.9. The number of pyridine rings is 1. The van der Waals surface area contributed by atoms with E-state index in [9.17, 15) is 10.1 Å². The van der Waals surface area contributed by atoms with Gasteiger partial charge in [-0.1, -0.05) is 6.92 Å². The lowest BCUT2D eigenvalue weighted by molar-refractivity contribution is -0.384. The zero-order valence-corrected chi connectivity index (χ0v) is 10.8. The van der Waals surface area contributed by atoms with Gasteiger partial charge < -0.3 is 10.3 Å². The van der Waals surface area contributed by atoms with Crippen molar-refractivity contribution in [2.24, 2.45) is 0 Å². The van der Waals surface area contributed by atoms with Gasteiger partial charge in [0.05, 0.1) is 11.5 Å². The molecule has 2 heterocycles. The number of rotatable bonds is 5. The SMILES string of the molecule is CCc1cnc(CNc2nccc(C)c2[N+](=O)[O-])[nH]1. The quantitative estimate of drug-likeness (QED) is 0.635. The van der Waals surface area contributed by atoms with Crippen LogP contribution in [0.25, 0.3) is 0 Å². The molecule has 0 atom stereocenters. The molecule has 7 nitrogen and oxygen atoms in total. The first-order valence-electron chi connectivity index (χ1n) is 5.98. The summed E-state index contributed by atoms with van der Waals surface area (Å²) in [5.41, 5.74) is 1.62. The van der Waals surface area contributed by atoms with Gasteiger partial charge in [-0.05, 0) is 19.4 Å². The number of nitrogens with zero attached hydrogens (tertiary/aromatic N) is 3. The monoisotopic (exact) mass is 261 g/mol. The van der Waals surface area contributed by atoms with Gasteiger partial charge in [0.1, 0.15) is 5.82 Å². The van der Waals surface area contributed by atoms with Gasteiger partial charge >= 0.3 is 5.69 Å². The Morgan fingerprint density at radius 1 is 1.47 bits per heavy atom. The molecule has 0 radical (unpaired) electrons. The fraction of sp³-hybridized carbons (Fsp3) is 0.333. The second-order valence-corrected chi connectivity index (χ2v) is 4.14. The molecule has 2 rings (SSSR count). The van der Waals surface area contributed by atoms with Gasteiger partial charge in [-0.25, -0.2) is 9.97 Å². The number of imidazole rings is 1. The van der Waals surface area contributed by atoms with Crippen LogP contribution >= 0.6 is 0 Å². The van der Waals surface area contributed by atoms with Gasteiger partial charge in [0.2, 0.25) is 5.82 Å². The van der Waals surface area contributed by atoms with Crippen LogP contribution in [0.5, 0.6) is 0 Å². The number of anilines is 1. The van der Waals surface area contributed by atoms with Crippen molar-refractivity contribution in [2.45, 2.75) is 26.8 Å². The van der Waals surface area contributed by atoms with Crippen molar-refractivity contribution >= 4 is 11.5 Å². The van der Waals surface area contributed by atoms with Crippen molar-refractivity contribution in [1.29, 1.82) is 0 Å². The second kappa shape index (κ2) is 5.47. The Bertz CT molecular complexity index is 594. The van der Waals surface area contributed by atoms with Gasteiger partial charge in [-0.2, -0.15) is 0 Å². The van der Waals surface area contributed by atoms with Gasteiger partial charge in [0, 0.05) is 23.7 Å². The molecule has 19 heavy (non-hydrogen) atoms. The summed E-state index contributed by atoms with van der Waals surface area (Å²) >= 11 is 0. The Morgan fingerprint density at radius 3 is 2.89 bits per heavy atom. The lowest BCUT2D eigenvalue weighted by Gasteiger charge is -2.05. The molecule has 0 aliphatic heterocycles. The predicted octanol–water partition coefficient (Wildman–Crippen LogP) is 2.20. The van der Waals surface area contributed by atoms with Crippen LogP contribution in [0.4, 0.5) is 11.5 Å². The molecular formula is C12H15N5O2. The van der Waals surface area contributed by atoms with Crippen LogP contribution in [0.15, 0.2) is 18.5 Å². The molecule has 2 aromatic rings. The third kappa shape index (κ3) is 2.87. The largest absolute Gasteiger partial charge is 0.357 e. The Balaban J connectivity index is 2.15. The van der Waals surface area contributed by atoms with Gasteiger partial charge in [-0.3, -0.25) is 10.1 Å². The van der Waals surface area contributed by atoms with Crippen LogP contribution in [0, 0.1) is 17.0 Å². The number of hydrogen-bond acceptors (Lipinski definition) is 5. The minimum atomic E-state index is -0.426. The van der Waals surface area contributed by atoms with E-state index >= 15 is 0 Å². The summed E-state index contributed by atoms with van der Waals surface area (Å²) in [6.07, 6.45) is 4.18. The minimum Gasteiger partial charge on any atom is -0.357 e. The summed E-state index contributed by atoms with van der Waals surface area (Å²) < 4.78 is 0. The number of nitro groups is 1. The average molecular weight is 261 g/mol. The van der Waals surface area contributed by atoms with E-state index < -0.39 is 4.92 Å². The van der Waals surface area contributed by atoms with E-state index in [1.54, 1.807) is 25.4 Å². The molecule has 0 unspecified atom stereocenters. The van der Waals surface area contributed by atoms with Crippen LogP contribution in [0.2, 0.25) is 0 Å². The molecule has 0 aliphatic rings. The van der Waals surface area contributed by atoms with Crippen LogP contribution in [0.3, 0.4) is 0 Å². The van der Waals surface area contributed by atoms with Gasteiger partial charge in [0.25, 0.3) is 0 Å². The fourth-order valence-corrected chi connectivity index (χ4v) is 1.75. The first kappa shape index (κ1) is 13.0. The number of nitrogens with one attached hydrogen (secondary N) is 2. The van der Waals surface area contributed by atoms with E-state index in [4.69, 9.17) is 0 Å². The van der Waals surface area contributed by atoms with E-state index in [0.29, 0.717) is 12.1 Å². The molecule has 0 saturated carbocycles. The normalized spacial score (nSPS) is 10.4. The maximum Gasteiger partial charge on any atom is 0.314 e. The molecule has 0 bridgehead atoms. The van der Waals surface area contributed by atoms with Crippen molar-refractivity contribution in [3.63, 3.8) is 0 Å². The molecule has 2 N–H and O–H groups in total. The Labute approximate surface area is 110 Å². The van der Waals surface area contributed by atoms with Crippen LogP contribution in [0.1, 0.15) is 24.0 Å². The Morgan fingerprint density at radius 2 is 2.26 bits per heavy atom. The first-order chi connectivity index (χ1) is 9.11. The predicted molar refractivity (Wildman–Crippen MR) is 70.9 cm³/mol. The topological polar surface area (TPSA) is 96.7 Å². The van der Waals surface area contributed by atoms with E-state index in [2.05, 4.69) is 20.3 Å². The Hall–Kier alpha value is -2.44. The fourth-order valence-electron chi connectivity index (χ4n) is 1.75. The van der Waals surface area contributed by atoms with E-state index in [1.807, 2.05) is 6.92 Å². The van der Waals surface area contributed by atoms with E-state index in [-0.39, 0.29) is 11.5 Å². The molecule has 2 aromatic heterocycles. The van der Waals surface area contributed by atoms with Crippen molar-refractivity contribution in [3.05, 3.63) is 45.7 Å². The van der Waals surface area contributed by atoms with Crippen molar-refractivity contribution < 1.29 is 4.92 Å². The second-order valence-electron chi connectivity index (χ2n) is 4.14. The molecule has 0 amide bonds. The number of aromatic amines is 1. The van der Waals surface area contributed by atoms with Crippen molar-refractivity contribution in [3.8, 4) is 0 Å². The zero-order chi connectivity index (χ0) is 13.8. The average Bonchev–Trinajstić information content (AvgIpc) is 2.83. The third-order valence-electron chi connectivity index (χ3n) is 2.79. The number of aromatic nitrogens is 3. The molecule has 0 aliphatic carbocycles. The summed E-state index contributed by atoms with van der Waals surface area (Å²) in [5, 5.41) is 13.9. The summed E-state index contributed by atoms with van der Waals surface area (Å²) in [6, 6.07) is 1.62. The highest BCUT2D eigenvalue weighted by molar-refractivity contribution is 5.59. The maximum atomic E-state index is 11.0. The van der Waals surface area contributed by atoms with Gasteiger partial charge in [0.15, 0.2) is 0 Å². The number of hydrogen-bond donors (Lipinski definition) is 2. The standard InChI is InChI=1S/C12H15N5O2/c1-3-9-6-14-10(16-9)7-15-12-11(17(18)19)8(2)4-5-13-12/h4-6H,3,7H2,1-2H3,(H,13,15)(H,14,16). The highest BCUT2D eigenvalue weighted by Gasteiger charge is 2.18. The van der Waals surface area contributed by atoms with Gasteiger partial charge in [-0.15, -0.1) is 0 Å². The maximum absolute atomic E-state index is 11.0. The first-order valence-corrected chi connectivity index (χ1v) is 5.98. The highest BCUT2D eigenvalue weighted by Crippen LogP contribution is 2.25. The number of H-pyrrole nitrogens is 1. The molecule has 7 heteroatoms. The lowest BCUT2D eigenvalue weighted by atomic mass is 10.2. The molecule has 100 valence electrons. The molecule has 0 aromatic carbocycles.